The molecule has 1 saturated carbocycles. The Hall–Kier alpha value is -4.11. The maximum Gasteiger partial charge on any atom is 0.250 e. The van der Waals surface area contributed by atoms with E-state index in [9.17, 15) is 4.79 Å². The van der Waals surface area contributed by atoms with Crippen molar-refractivity contribution >= 4 is 23.9 Å². The highest BCUT2D eigenvalue weighted by molar-refractivity contribution is 7.99. The van der Waals surface area contributed by atoms with Gasteiger partial charge in [0.2, 0.25) is 0 Å². The number of aryl methyl sites for hydroxylation is 1. The maximum atomic E-state index is 12.7. The minimum atomic E-state index is -0.212. The van der Waals surface area contributed by atoms with Gasteiger partial charge in [-0.15, -0.1) is 10.2 Å². The van der Waals surface area contributed by atoms with Gasteiger partial charge in [0.05, 0.1) is 19.1 Å². The van der Waals surface area contributed by atoms with E-state index >= 15 is 0 Å². The molecular formula is C32H35N5O3S. The van der Waals surface area contributed by atoms with Crippen molar-refractivity contribution in [3.05, 3.63) is 89.5 Å². The van der Waals surface area contributed by atoms with E-state index in [1.165, 1.54) is 36.6 Å². The van der Waals surface area contributed by atoms with Gasteiger partial charge in [-0.25, -0.2) is 5.43 Å². The zero-order valence-corrected chi connectivity index (χ0v) is 24.3. The van der Waals surface area contributed by atoms with Crippen molar-refractivity contribution in [2.24, 2.45) is 5.10 Å². The van der Waals surface area contributed by atoms with E-state index in [2.05, 4.69) is 56.5 Å². The number of amides is 1. The molecule has 0 saturated heterocycles. The van der Waals surface area contributed by atoms with Gasteiger partial charge in [0.1, 0.15) is 6.61 Å². The van der Waals surface area contributed by atoms with E-state index in [0.29, 0.717) is 24.1 Å². The first-order chi connectivity index (χ1) is 20.1. The average Bonchev–Trinajstić information content (AvgIpc) is 3.44. The van der Waals surface area contributed by atoms with Crippen LogP contribution < -0.4 is 14.9 Å². The predicted molar refractivity (Wildman–Crippen MR) is 163 cm³/mol. The van der Waals surface area contributed by atoms with Crippen LogP contribution in [-0.4, -0.2) is 39.7 Å². The van der Waals surface area contributed by atoms with Crippen LogP contribution in [0.2, 0.25) is 0 Å². The van der Waals surface area contributed by atoms with E-state index in [1.54, 1.807) is 13.3 Å². The number of aromatic nitrogens is 3. The molecule has 1 aliphatic rings. The lowest BCUT2D eigenvalue weighted by Crippen LogP contribution is -2.20. The first kappa shape index (κ1) is 28.4. The summed E-state index contributed by atoms with van der Waals surface area (Å²) in [5.41, 5.74) is 6.72. The van der Waals surface area contributed by atoms with Crippen LogP contribution in [-0.2, 0) is 11.4 Å². The molecule has 0 radical (unpaired) electrons. The highest BCUT2D eigenvalue weighted by atomic mass is 32.2. The molecule has 1 amide bonds. The number of hydrazone groups is 1. The molecule has 0 spiro atoms. The summed E-state index contributed by atoms with van der Waals surface area (Å²) >= 11 is 1.39. The van der Waals surface area contributed by atoms with Gasteiger partial charge < -0.3 is 9.47 Å². The standard InChI is InChI=1S/C32H35N5O3S/c1-23-13-16-26(17-14-23)31-35-36-32(37(31)27-11-7-4-8-12-27)41-22-30(38)34-33-20-25-15-18-28(29(19-25)39-2)40-21-24-9-5-3-6-10-24/h3,5-6,9-10,13-20,27H,4,7-8,11-12,21-22H2,1-2H3,(H,34,38)/b33-20+. The molecule has 1 aromatic heterocycles. The summed E-state index contributed by atoms with van der Waals surface area (Å²) in [4.78, 5) is 12.7. The third-order valence-electron chi connectivity index (χ3n) is 7.07. The lowest BCUT2D eigenvalue weighted by atomic mass is 9.95. The van der Waals surface area contributed by atoms with Gasteiger partial charge in [0, 0.05) is 11.6 Å². The Morgan fingerprint density at radius 1 is 1.02 bits per heavy atom. The Bertz CT molecular complexity index is 1460. The van der Waals surface area contributed by atoms with Crippen LogP contribution in [0.15, 0.2) is 83.1 Å². The van der Waals surface area contributed by atoms with Gasteiger partial charge in [-0.2, -0.15) is 5.10 Å². The summed E-state index contributed by atoms with van der Waals surface area (Å²) in [6.45, 7) is 2.52. The number of hydrogen-bond acceptors (Lipinski definition) is 7. The predicted octanol–water partition coefficient (Wildman–Crippen LogP) is 6.59. The van der Waals surface area contributed by atoms with Crippen molar-refractivity contribution < 1.29 is 14.3 Å². The zero-order chi connectivity index (χ0) is 28.4. The fourth-order valence-electron chi connectivity index (χ4n) is 4.90. The van der Waals surface area contributed by atoms with Crippen molar-refractivity contribution in [1.82, 2.24) is 20.2 Å². The fourth-order valence-corrected chi connectivity index (χ4v) is 5.70. The highest BCUT2D eigenvalue weighted by Crippen LogP contribution is 2.35. The maximum absolute atomic E-state index is 12.7. The number of methoxy groups -OCH3 is 1. The van der Waals surface area contributed by atoms with Gasteiger partial charge in [-0.1, -0.05) is 91.2 Å². The Balaban J connectivity index is 1.19. The first-order valence-electron chi connectivity index (χ1n) is 13.9. The molecule has 1 aliphatic carbocycles. The number of benzene rings is 3. The molecule has 8 nitrogen and oxygen atoms in total. The lowest BCUT2D eigenvalue weighted by Gasteiger charge is -2.25. The number of carbonyl (C=O) groups excluding carboxylic acids is 1. The van der Waals surface area contributed by atoms with Crippen LogP contribution in [0.1, 0.15) is 54.8 Å². The number of ether oxygens (including phenoxy) is 2. The monoisotopic (exact) mass is 569 g/mol. The summed E-state index contributed by atoms with van der Waals surface area (Å²) in [7, 11) is 1.60. The Labute approximate surface area is 245 Å². The molecule has 9 heteroatoms. The van der Waals surface area contributed by atoms with Crippen molar-refractivity contribution in [2.45, 2.75) is 56.8 Å². The molecule has 0 atom stereocenters. The van der Waals surface area contributed by atoms with Gasteiger partial charge in [-0.05, 0) is 49.1 Å². The molecular weight excluding hydrogens is 534 g/mol. The van der Waals surface area contributed by atoms with Crippen LogP contribution in [0.25, 0.3) is 11.4 Å². The molecule has 4 aromatic rings. The number of thioether (sulfide) groups is 1. The van der Waals surface area contributed by atoms with Gasteiger partial charge in [0.15, 0.2) is 22.5 Å². The fraction of sp³-hybridized carbons (Fsp3) is 0.312. The quantitative estimate of drug-likeness (QED) is 0.125. The van der Waals surface area contributed by atoms with Crippen LogP contribution in [0.3, 0.4) is 0 Å². The molecule has 1 N–H and O–H groups in total. The second kappa shape index (κ2) is 14.0. The highest BCUT2D eigenvalue weighted by Gasteiger charge is 2.24. The largest absolute Gasteiger partial charge is 0.493 e. The van der Waals surface area contributed by atoms with Crippen LogP contribution in [0.4, 0.5) is 0 Å². The minimum absolute atomic E-state index is 0.186. The molecule has 212 valence electrons. The van der Waals surface area contributed by atoms with Crippen LogP contribution in [0, 0.1) is 6.92 Å². The number of nitrogens with zero attached hydrogens (tertiary/aromatic N) is 4. The smallest absolute Gasteiger partial charge is 0.250 e. The van der Waals surface area contributed by atoms with E-state index in [-0.39, 0.29) is 11.7 Å². The summed E-state index contributed by atoms with van der Waals surface area (Å²) in [5.74, 6) is 2.07. The topological polar surface area (TPSA) is 90.6 Å². The SMILES string of the molecule is COc1cc(/C=N/NC(=O)CSc2nnc(-c3ccc(C)cc3)n2C2CCCCC2)ccc1OCc1ccccc1. The normalized spacial score (nSPS) is 13.8. The molecule has 41 heavy (non-hydrogen) atoms. The van der Waals surface area contributed by atoms with Crippen molar-refractivity contribution in [2.75, 3.05) is 12.9 Å². The van der Waals surface area contributed by atoms with E-state index < -0.39 is 0 Å². The molecule has 1 heterocycles. The summed E-state index contributed by atoms with van der Waals surface area (Å²) < 4.78 is 13.7. The average molecular weight is 570 g/mol. The Morgan fingerprint density at radius 3 is 2.56 bits per heavy atom. The van der Waals surface area contributed by atoms with Crippen LogP contribution >= 0.6 is 11.8 Å². The van der Waals surface area contributed by atoms with Gasteiger partial charge in [0.25, 0.3) is 5.91 Å². The lowest BCUT2D eigenvalue weighted by molar-refractivity contribution is -0.118. The van der Waals surface area contributed by atoms with E-state index in [4.69, 9.17) is 9.47 Å². The van der Waals surface area contributed by atoms with Crippen molar-refractivity contribution in [1.29, 1.82) is 0 Å². The van der Waals surface area contributed by atoms with Crippen LogP contribution in [0.5, 0.6) is 11.5 Å². The Kier molecular flexibility index (Phi) is 9.69. The number of hydrogen-bond donors (Lipinski definition) is 1. The second-order valence-electron chi connectivity index (χ2n) is 10.1. The number of rotatable bonds is 11. The third kappa shape index (κ3) is 7.55. The van der Waals surface area contributed by atoms with E-state index in [1.807, 2.05) is 48.5 Å². The third-order valence-corrected chi connectivity index (χ3v) is 8.02. The van der Waals surface area contributed by atoms with Crippen molar-refractivity contribution in [3.63, 3.8) is 0 Å². The van der Waals surface area contributed by atoms with Crippen molar-refractivity contribution in [3.8, 4) is 22.9 Å². The molecule has 5 rings (SSSR count). The zero-order valence-electron chi connectivity index (χ0n) is 23.5. The molecule has 0 aliphatic heterocycles. The molecule has 0 bridgehead atoms. The molecule has 1 fully saturated rings. The summed E-state index contributed by atoms with van der Waals surface area (Å²) in [6.07, 6.45) is 7.44. The summed E-state index contributed by atoms with van der Waals surface area (Å²) in [6, 6.07) is 24.2. The first-order valence-corrected chi connectivity index (χ1v) is 14.9. The van der Waals surface area contributed by atoms with Gasteiger partial charge in [-0.3, -0.25) is 9.36 Å². The Morgan fingerprint density at radius 2 is 1.80 bits per heavy atom. The van der Waals surface area contributed by atoms with E-state index in [0.717, 1.165) is 40.5 Å². The molecule has 3 aromatic carbocycles. The molecule has 0 unspecified atom stereocenters. The van der Waals surface area contributed by atoms with Gasteiger partial charge >= 0.3 is 0 Å². The number of carbonyl (C=O) groups is 1. The summed E-state index contributed by atoms with van der Waals surface area (Å²) in [5, 5.41) is 13.9. The minimum Gasteiger partial charge on any atom is -0.493 e. The second-order valence-corrected chi connectivity index (χ2v) is 11.0. The number of nitrogens with one attached hydrogen (secondary N) is 1.